The Kier molecular flexibility index (Phi) is 6.44. The molecule has 0 aromatic rings. The first-order chi connectivity index (χ1) is 14.3. The maximum absolute atomic E-state index is 12.9. The van der Waals surface area contributed by atoms with Crippen molar-refractivity contribution >= 4 is 35.5 Å². The van der Waals surface area contributed by atoms with Gasteiger partial charge in [-0.1, -0.05) is 6.92 Å². The smallest absolute Gasteiger partial charge is 0.358 e. The SMILES string of the molecule is C[C@@H](O)[C@H]1C(=O)N2C(C(=O)OCOC(=O)C(C)(C)C)=C(S[C@H]3CC(=O)N(C)C3)[C@H](C)[C@@H]12. The topological polar surface area (TPSA) is 113 Å². The maximum Gasteiger partial charge on any atom is 0.358 e. The molecule has 0 bridgehead atoms. The number of esters is 2. The lowest BCUT2D eigenvalue weighted by atomic mass is 9.79. The number of amides is 2. The van der Waals surface area contributed by atoms with Gasteiger partial charge in [-0.2, -0.15) is 0 Å². The zero-order valence-corrected chi connectivity index (χ0v) is 19.5. The van der Waals surface area contributed by atoms with E-state index in [-0.39, 0.29) is 34.7 Å². The van der Waals surface area contributed by atoms with E-state index in [1.165, 1.54) is 16.7 Å². The van der Waals surface area contributed by atoms with Crippen LogP contribution in [0.15, 0.2) is 10.6 Å². The molecule has 172 valence electrons. The van der Waals surface area contributed by atoms with Crippen LogP contribution in [-0.2, 0) is 28.7 Å². The molecule has 2 fully saturated rings. The summed E-state index contributed by atoms with van der Waals surface area (Å²) in [7, 11) is 1.73. The van der Waals surface area contributed by atoms with Crippen LogP contribution in [0.4, 0.5) is 0 Å². The average Bonchev–Trinajstić information content (AvgIpc) is 3.08. The molecule has 9 nitrogen and oxygen atoms in total. The Hall–Kier alpha value is -2.07. The van der Waals surface area contributed by atoms with Crippen molar-refractivity contribution in [1.29, 1.82) is 0 Å². The number of β-lactam (4-membered cyclic amide) rings is 1. The second-order valence-corrected chi connectivity index (χ2v) is 10.8. The molecule has 1 N–H and O–H groups in total. The molecule has 0 unspecified atom stereocenters. The first-order valence-corrected chi connectivity index (χ1v) is 11.2. The predicted molar refractivity (Wildman–Crippen MR) is 112 cm³/mol. The van der Waals surface area contributed by atoms with E-state index in [0.717, 1.165) is 0 Å². The number of thioether (sulfide) groups is 1. The molecular formula is C21H30N2O7S. The summed E-state index contributed by atoms with van der Waals surface area (Å²) in [5.74, 6) is -2.36. The predicted octanol–water partition coefficient (Wildman–Crippen LogP) is 1.11. The van der Waals surface area contributed by atoms with Crippen LogP contribution in [-0.4, -0.2) is 76.4 Å². The van der Waals surface area contributed by atoms with Gasteiger partial charge in [0, 0.05) is 36.1 Å². The van der Waals surface area contributed by atoms with Gasteiger partial charge in [0.05, 0.1) is 23.5 Å². The van der Waals surface area contributed by atoms with E-state index in [4.69, 9.17) is 9.47 Å². The average molecular weight is 455 g/mol. The molecule has 0 saturated carbocycles. The fraction of sp³-hybridized carbons (Fsp3) is 0.714. The number of aliphatic hydroxyl groups is 1. The molecule has 3 heterocycles. The van der Waals surface area contributed by atoms with Crippen LogP contribution in [0.2, 0.25) is 0 Å². The van der Waals surface area contributed by atoms with Gasteiger partial charge in [0.1, 0.15) is 5.70 Å². The Balaban J connectivity index is 1.80. The Morgan fingerprint density at radius 3 is 2.42 bits per heavy atom. The van der Waals surface area contributed by atoms with Crippen LogP contribution >= 0.6 is 11.8 Å². The minimum Gasteiger partial charge on any atom is -0.427 e. The van der Waals surface area contributed by atoms with E-state index >= 15 is 0 Å². The van der Waals surface area contributed by atoms with E-state index in [0.29, 0.717) is 17.9 Å². The third-order valence-corrected chi connectivity index (χ3v) is 7.36. The number of carbonyl (C=O) groups is 4. The molecule has 3 aliphatic rings. The normalized spacial score (nSPS) is 29.1. The molecule has 31 heavy (non-hydrogen) atoms. The monoisotopic (exact) mass is 454 g/mol. The van der Waals surface area contributed by atoms with E-state index < -0.39 is 36.2 Å². The van der Waals surface area contributed by atoms with Crippen molar-refractivity contribution in [3.63, 3.8) is 0 Å². The highest BCUT2D eigenvalue weighted by Crippen LogP contribution is 2.52. The first-order valence-electron chi connectivity index (χ1n) is 10.3. The van der Waals surface area contributed by atoms with Gasteiger partial charge in [0.25, 0.3) is 0 Å². The van der Waals surface area contributed by atoms with Crippen molar-refractivity contribution in [2.75, 3.05) is 20.4 Å². The van der Waals surface area contributed by atoms with Gasteiger partial charge in [0.2, 0.25) is 18.6 Å². The number of fused-ring (bicyclic) bond motifs is 1. The van der Waals surface area contributed by atoms with Crippen molar-refractivity contribution in [2.24, 2.45) is 17.3 Å². The van der Waals surface area contributed by atoms with Crippen LogP contribution in [0, 0.1) is 17.3 Å². The fourth-order valence-electron chi connectivity index (χ4n) is 4.17. The third-order valence-electron chi connectivity index (χ3n) is 5.89. The van der Waals surface area contributed by atoms with Crippen LogP contribution in [0.25, 0.3) is 0 Å². The van der Waals surface area contributed by atoms with Crippen molar-refractivity contribution in [2.45, 2.75) is 58.4 Å². The molecule has 0 aromatic heterocycles. The van der Waals surface area contributed by atoms with Gasteiger partial charge >= 0.3 is 11.9 Å². The number of ether oxygens (including phenoxy) is 2. The number of aliphatic hydroxyl groups excluding tert-OH is 1. The van der Waals surface area contributed by atoms with Gasteiger partial charge < -0.3 is 24.4 Å². The van der Waals surface area contributed by atoms with E-state index in [9.17, 15) is 24.3 Å². The van der Waals surface area contributed by atoms with Gasteiger partial charge in [-0.15, -0.1) is 11.8 Å². The van der Waals surface area contributed by atoms with Crippen molar-refractivity contribution < 1.29 is 33.8 Å². The highest BCUT2D eigenvalue weighted by atomic mass is 32.2. The first kappa shape index (κ1) is 23.6. The molecule has 0 aromatic carbocycles. The molecule has 3 aliphatic heterocycles. The molecular weight excluding hydrogens is 424 g/mol. The Morgan fingerprint density at radius 1 is 1.26 bits per heavy atom. The summed E-state index contributed by atoms with van der Waals surface area (Å²) in [5.41, 5.74) is -0.614. The summed E-state index contributed by atoms with van der Waals surface area (Å²) in [6.07, 6.45) is -0.494. The third kappa shape index (κ3) is 4.32. The lowest BCUT2D eigenvalue weighted by molar-refractivity contribution is -0.175. The summed E-state index contributed by atoms with van der Waals surface area (Å²) >= 11 is 1.41. The van der Waals surface area contributed by atoms with Crippen LogP contribution in [0.3, 0.4) is 0 Å². The quantitative estimate of drug-likeness (QED) is 0.361. The Bertz CT molecular complexity index is 832. The number of rotatable bonds is 6. The summed E-state index contributed by atoms with van der Waals surface area (Å²) in [6.45, 7) is 8.52. The van der Waals surface area contributed by atoms with E-state index in [1.54, 1.807) is 39.6 Å². The molecule has 2 saturated heterocycles. The molecule has 10 heteroatoms. The van der Waals surface area contributed by atoms with Gasteiger partial charge in [-0.25, -0.2) is 4.79 Å². The molecule has 0 spiro atoms. The summed E-state index contributed by atoms with van der Waals surface area (Å²) in [4.78, 5) is 53.2. The fourth-order valence-corrected chi connectivity index (χ4v) is 5.70. The number of hydrogen-bond acceptors (Lipinski definition) is 8. The molecule has 5 atom stereocenters. The highest BCUT2D eigenvalue weighted by molar-refractivity contribution is 8.03. The number of hydrogen-bond donors (Lipinski definition) is 1. The number of carbonyl (C=O) groups excluding carboxylic acids is 4. The largest absolute Gasteiger partial charge is 0.427 e. The zero-order valence-electron chi connectivity index (χ0n) is 18.7. The molecule has 3 rings (SSSR count). The van der Waals surface area contributed by atoms with Gasteiger partial charge in [0.15, 0.2) is 0 Å². The second-order valence-electron chi connectivity index (χ2n) is 9.42. The standard InChI is InChI=1S/C21H30N2O7S/c1-10-15-14(11(2)24)18(26)23(15)16(17(10)31-12-7-13(25)22(6)8-12)19(27)29-9-30-20(28)21(3,4)5/h10-12,14-15,24H,7-9H2,1-6H3/t10-,11-,12+,14-,15+/m1/s1. The Labute approximate surface area is 186 Å². The van der Waals surface area contributed by atoms with Crippen molar-refractivity contribution in [3.05, 3.63) is 10.6 Å². The maximum atomic E-state index is 12.9. The van der Waals surface area contributed by atoms with E-state index in [2.05, 4.69) is 0 Å². The molecule has 2 amide bonds. The molecule has 0 aliphatic carbocycles. The van der Waals surface area contributed by atoms with Gasteiger partial charge in [-0.3, -0.25) is 14.4 Å². The van der Waals surface area contributed by atoms with Gasteiger partial charge in [-0.05, 0) is 27.7 Å². The number of nitrogens with zero attached hydrogens (tertiary/aromatic N) is 2. The lowest BCUT2D eigenvalue weighted by Gasteiger charge is -2.46. The zero-order chi connectivity index (χ0) is 23.2. The van der Waals surface area contributed by atoms with E-state index in [1.807, 2.05) is 6.92 Å². The minimum absolute atomic E-state index is 0.0307. The van der Waals surface area contributed by atoms with Crippen molar-refractivity contribution in [3.8, 4) is 0 Å². The van der Waals surface area contributed by atoms with Crippen LogP contribution < -0.4 is 0 Å². The van der Waals surface area contributed by atoms with Crippen molar-refractivity contribution in [1.82, 2.24) is 9.80 Å². The Morgan fingerprint density at radius 2 is 1.90 bits per heavy atom. The van der Waals surface area contributed by atoms with Crippen LogP contribution in [0.1, 0.15) is 41.0 Å². The lowest BCUT2D eigenvalue weighted by Crippen LogP contribution is -2.63. The number of likely N-dealkylation sites (tertiary alicyclic amines) is 1. The summed E-state index contributed by atoms with van der Waals surface area (Å²) in [5, 5.41) is 10.0. The summed E-state index contributed by atoms with van der Waals surface area (Å²) < 4.78 is 10.2. The minimum atomic E-state index is -0.843. The van der Waals surface area contributed by atoms with Crippen LogP contribution in [0.5, 0.6) is 0 Å². The highest BCUT2D eigenvalue weighted by Gasteiger charge is 2.60. The second kappa shape index (κ2) is 8.46. The summed E-state index contributed by atoms with van der Waals surface area (Å²) in [6, 6.07) is -0.343. The molecule has 0 radical (unpaired) electrons.